The van der Waals surface area contributed by atoms with E-state index in [1.54, 1.807) is 0 Å². The zero-order valence-corrected chi connectivity index (χ0v) is 12.0. The molecule has 0 aliphatic rings. The van der Waals surface area contributed by atoms with Crippen molar-refractivity contribution in [1.82, 2.24) is 10.3 Å². The average molecular weight is 256 g/mol. The van der Waals surface area contributed by atoms with E-state index in [1.807, 2.05) is 18.3 Å². The number of hydrogen-bond acceptors (Lipinski definition) is 4. The van der Waals surface area contributed by atoms with Crippen LogP contribution in [0, 0.1) is 0 Å². The van der Waals surface area contributed by atoms with Crippen molar-refractivity contribution in [3.05, 3.63) is 15.6 Å². The first kappa shape index (κ1) is 14.6. The number of hydrogen-bond donors (Lipinski definition) is 1. The summed E-state index contributed by atoms with van der Waals surface area (Å²) >= 11 is 1.84. The molecule has 1 N–H and O–H groups in total. The second kappa shape index (κ2) is 8.61. The molecule has 17 heavy (non-hydrogen) atoms. The average Bonchev–Trinajstić information content (AvgIpc) is 2.70. The van der Waals surface area contributed by atoms with Gasteiger partial charge in [0.25, 0.3) is 0 Å². The third-order valence-corrected chi connectivity index (χ3v) is 3.67. The summed E-state index contributed by atoms with van der Waals surface area (Å²) < 4.78 is 5.38. The molecule has 0 fully saturated rings. The fourth-order valence-corrected chi connectivity index (χ4v) is 2.72. The van der Waals surface area contributed by atoms with Crippen molar-refractivity contribution in [1.29, 1.82) is 0 Å². The molecule has 1 rings (SSSR count). The molecule has 0 atom stereocenters. The van der Waals surface area contributed by atoms with Gasteiger partial charge in [0.15, 0.2) is 0 Å². The highest BCUT2D eigenvalue weighted by molar-refractivity contribution is 7.11. The molecule has 1 heterocycles. The number of rotatable bonds is 9. The number of ether oxygens (including phenoxy) is 1. The zero-order chi connectivity index (χ0) is 12.5. The van der Waals surface area contributed by atoms with Gasteiger partial charge in [-0.05, 0) is 19.9 Å². The maximum absolute atomic E-state index is 5.38. The van der Waals surface area contributed by atoms with Gasteiger partial charge in [-0.25, -0.2) is 4.98 Å². The lowest BCUT2D eigenvalue weighted by atomic mass is 10.2. The Morgan fingerprint density at radius 1 is 1.24 bits per heavy atom. The Labute approximate surface area is 109 Å². The van der Waals surface area contributed by atoms with Gasteiger partial charge in [-0.15, -0.1) is 11.3 Å². The van der Waals surface area contributed by atoms with Crippen LogP contribution in [-0.4, -0.2) is 24.7 Å². The van der Waals surface area contributed by atoms with Crippen LogP contribution in [-0.2, 0) is 24.1 Å². The molecule has 1 aromatic heterocycles. The van der Waals surface area contributed by atoms with Gasteiger partial charge >= 0.3 is 0 Å². The molecular weight excluding hydrogens is 232 g/mol. The van der Waals surface area contributed by atoms with Crippen LogP contribution in [0.15, 0.2) is 0 Å². The van der Waals surface area contributed by atoms with Gasteiger partial charge in [0, 0.05) is 24.4 Å². The number of aryl methyl sites for hydroxylation is 1. The van der Waals surface area contributed by atoms with Crippen LogP contribution in [0.2, 0.25) is 0 Å². The van der Waals surface area contributed by atoms with Gasteiger partial charge < -0.3 is 10.1 Å². The van der Waals surface area contributed by atoms with Gasteiger partial charge in [0.1, 0.15) is 0 Å². The molecule has 0 unspecified atom stereocenters. The maximum Gasteiger partial charge on any atom is 0.0954 e. The van der Waals surface area contributed by atoms with Crippen molar-refractivity contribution < 1.29 is 4.74 Å². The van der Waals surface area contributed by atoms with Crippen molar-refractivity contribution in [2.24, 2.45) is 0 Å². The SMILES string of the molecule is CCCc1nc(CCOCC)sc1CNCC. The van der Waals surface area contributed by atoms with Crippen LogP contribution in [0.1, 0.15) is 42.8 Å². The standard InChI is InChI=1S/C13H24N2OS/c1-4-7-11-12(10-14-5-2)17-13(15-11)8-9-16-6-3/h14H,4-10H2,1-3H3. The number of nitrogens with one attached hydrogen (secondary N) is 1. The fraction of sp³-hybridized carbons (Fsp3) is 0.769. The minimum atomic E-state index is 0.788. The van der Waals surface area contributed by atoms with Crippen molar-refractivity contribution in [3.63, 3.8) is 0 Å². The topological polar surface area (TPSA) is 34.1 Å². The van der Waals surface area contributed by atoms with Crippen LogP contribution in [0.3, 0.4) is 0 Å². The Morgan fingerprint density at radius 3 is 2.71 bits per heavy atom. The molecule has 3 nitrogen and oxygen atoms in total. The number of thiazole rings is 1. The number of nitrogens with zero attached hydrogens (tertiary/aromatic N) is 1. The van der Waals surface area contributed by atoms with E-state index in [2.05, 4.69) is 19.2 Å². The monoisotopic (exact) mass is 256 g/mol. The van der Waals surface area contributed by atoms with Crippen LogP contribution in [0.25, 0.3) is 0 Å². The lowest BCUT2D eigenvalue weighted by molar-refractivity contribution is 0.151. The quantitative estimate of drug-likeness (QED) is 0.690. The molecule has 0 saturated carbocycles. The number of aromatic nitrogens is 1. The van der Waals surface area contributed by atoms with E-state index in [0.717, 1.165) is 45.6 Å². The molecule has 0 amide bonds. The van der Waals surface area contributed by atoms with E-state index in [9.17, 15) is 0 Å². The van der Waals surface area contributed by atoms with E-state index in [-0.39, 0.29) is 0 Å². The molecule has 0 aromatic carbocycles. The first-order valence-corrected chi connectivity index (χ1v) is 7.39. The Morgan fingerprint density at radius 2 is 2.06 bits per heavy atom. The summed E-state index contributed by atoms with van der Waals surface area (Å²) in [6, 6.07) is 0. The lowest BCUT2D eigenvalue weighted by Crippen LogP contribution is -2.11. The van der Waals surface area contributed by atoms with Gasteiger partial charge in [0.05, 0.1) is 17.3 Å². The first-order valence-electron chi connectivity index (χ1n) is 6.57. The van der Waals surface area contributed by atoms with Crippen molar-refractivity contribution in [2.75, 3.05) is 19.8 Å². The Hall–Kier alpha value is -0.450. The molecule has 98 valence electrons. The predicted octanol–water partition coefficient (Wildman–Crippen LogP) is 2.78. The van der Waals surface area contributed by atoms with Crippen LogP contribution in [0.5, 0.6) is 0 Å². The lowest BCUT2D eigenvalue weighted by Gasteiger charge is -2.00. The Balaban J connectivity index is 2.59. The highest BCUT2D eigenvalue weighted by Crippen LogP contribution is 2.20. The van der Waals surface area contributed by atoms with E-state index in [4.69, 9.17) is 9.72 Å². The smallest absolute Gasteiger partial charge is 0.0954 e. The van der Waals surface area contributed by atoms with Crippen molar-refractivity contribution in [2.45, 2.75) is 46.6 Å². The predicted molar refractivity (Wildman–Crippen MR) is 73.7 cm³/mol. The summed E-state index contributed by atoms with van der Waals surface area (Å²) in [6.45, 7) is 9.91. The Bertz CT molecular complexity index is 312. The summed E-state index contributed by atoms with van der Waals surface area (Å²) in [5, 5.41) is 4.60. The van der Waals surface area contributed by atoms with Crippen molar-refractivity contribution in [3.8, 4) is 0 Å². The van der Waals surface area contributed by atoms with Crippen molar-refractivity contribution >= 4 is 11.3 Å². The summed E-state index contributed by atoms with van der Waals surface area (Å²) in [5.41, 5.74) is 1.28. The highest BCUT2D eigenvalue weighted by atomic mass is 32.1. The van der Waals surface area contributed by atoms with Gasteiger partial charge in [-0.3, -0.25) is 0 Å². The fourth-order valence-electron chi connectivity index (χ4n) is 1.66. The third-order valence-electron chi connectivity index (χ3n) is 2.51. The van der Waals surface area contributed by atoms with Crippen LogP contribution in [0.4, 0.5) is 0 Å². The maximum atomic E-state index is 5.38. The van der Waals surface area contributed by atoms with Gasteiger partial charge in [-0.2, -0.15) is 0 Å². The van der Waals surface area contributed by atoms with Gasteiger partial charge in [-0.1, -0.05) is 20.3 Å². The Kier molecular flexibility index (Phi) is 7.40. The van der Waals surface area contributed by atoms with Gasteiger partial charge in [0.2, 0.25) is 0 Å². The second-order valence-electron chi connectivity index (χ2n) is 3.95. The van der Waals surface area contributed by atoms with Crippen LogP contribution >= 0.6 is 11.3 Å². The summed E-state index contributed by atoms with van der Waals surface area (Å²) in [7, 11) is 0. The van der Waals surface area contributed by atoms with Crippen LogP contribution < -0.4 is 5.32 Å². The molecule has 0 aliphatic heterocycles. The minimum Gasteiger partial charge on any atom is -0.381 e. The molecule has 0 saturated heterocycles. The van der Waals surface area contributed by atoms with E-state index in [1.165, 1.54) is 15.6 Å². The third kappa shape index (κ3) is 5.15. The zero-order valence-electron chi connectivity index (χ0n) is 11.2. The summed E-state index contributed by atoms with van der Waals surface area (Å²) in [4.78, 5) is 6.13. The molecular formula is C13H24N2OS. The molecule has 0 spiro atoms. The molecule has 0 aliphatic carbocycles. The summed E-state index contributed by atoms with van der Waals surface area (Å²) in [6.07, 6.45) is 3.20. The molecule has 4 heteroatoms. The van der Waals surface area contributed by atoms with E-state index < -0.39 is 0 Å². The first-order chi connectivity index (χ1) is 8.31. The van der Waals surface area contributed by atoms with E-state index in [0.29, 0.717) is 0 Å². The minimum absolute atomic E-state index is 0.788. The normalized spacial score (nSPS) is 11.0. The second-order valence-corrected chi connectivity index (χ2v) is 5.12. The molecule has 0 radical (unpaired) electrons. The summed E-state index contributed by atoms with van der Waals surface area (Å²) in [5.74, 6) is 0. The van der Waals surface area contributed by atoms with E-state index >= 15 is 0 Å². The molecule has 0 bridgehead atoms. The molecule has 1 aromatic rings. The highest BCUT2D eigenvalue weighted by Gasteiger charge is 2.09. The largest absolute Gasteiger partial charge is 0.381 e.